The van der Waals surface area contributed by atoms with Crippen molar-refractivity contribution in [3.63, 3.8) is 0 Å². The summed E-state index contributed by atoms with van der Waals surface area (Å²) in [5.41, 5.74) is 5.02. The van der Waals surface area contributed by atoms with Crippen LogP contribution >= 0.6 is 0 Å². The number of aryl methyl sites for hydroxylation is 1. The van der Waals surface area contributed by atoms with Gasteiger partial charge in [0.05, 0.1) is 7.11 Å². The van der Waals surface area contributed by atoms with E-state index in [2.05, 4.69) is 104 Å². The largest absolute Gasteiger partial charge is 0.496 e. The van der Waals surface area contributed by atoms with E-state index in [9.17, 15) is 0 Å². The van der Waals surface area contributed by atoms with Crippen LogP contribution < -0.4 is 14.8 Å². The first-order valence-electron chi connectivity index (χ1n) is 12.3. The third-order valence-electron chi connectivity index (χ3n) is 7.12. The van der Waals surface area contributed by atoms with Gasteiger partial charge in [-0.25, -0.2) is 0 Å². The second-order valence-corrected chi connectivity index (χ2v) is 9.30. The molecule has 0 bridgehead atoms. The van der Waals surface area contributed by atoms with Gasteiger partial charge in [-0.1, -0.05) is 78.9 Å². The molecule has 0 saturated carbocycles. The Morgan fingerprint density at radius 1 is 0.912 bits per heavy atom. The van der Waals surface area contributed by atoms with Crippen molar-refractivity contribution < 1.29 is 9.47 Å². The monoisotopic (exact) mass is 451 g/mol. The molecular formula is C31H33NO2. The first kappa shape index (κ1) is 22.5. The van der Waals surface area contributed by atoms with Crippen molar-refractivity contribution in [2.24, 2.45) is 0 Å². The van der Waals surface area contributed by atoms with E-state index in [1.807, 2.05) is 0 Å². The van der Waals surface area contributed by atoms with Gasteiger partial charge in [-0.05, 0) is 61.2 Å². The van der Waals surface area contributed by atoms with E-state index in [4.69, 9.17) is 9.47 Å². The number of hydrogen-bond acceptors (Lipinski definition) is 3. The van der Waals surface area contributed by atoms with Crippen LogP contribution in [-0.2, 0) is 0 Å². The molecule has 5 rings (SSSR count). The minimum atomic E-state index is 0.150. The molecule has 4 aromatic rings. The van der Waals surface area contributed by atoms with Crippen molar-refractivity contribution >= 4 is 10.8 Å². The Morgan fingerprint density at radius 2 is 1.65 bits per heavy atom. The van der Waals surface area contributed by atoms with E-state index in [1.54, 1.807) is 7.11 Å². The number of benzene rings is 4. The Morgan fingerprint density at radius 3 is 2.53 bits per heavy atom. The Bertz CT molecular complexity index is 1280. The summed E-state index contributed by atoms with van der Waals surface area (Å²) in [6, 6.07) is 30.3. The van der Waals surface area contributed by atoms with Gasteiger partial charge in [-0.15, -0.1) is 0 Å². The Hall–Kier alpha value is -3.30. The molecule has 3 atom stereocenters. The molecule has 3 heteroatoms. The number of rotatable bonds is 7. The maximum Gasteiger partial charge on any atom is 0.125 e. The van der Waals surface area contributed by atoms with Crippen molar-refractivity contribution in [1.82, 2.24) is 5.32 Å². The smallest absolute Gasteiger partial charge is 0.125 e. The number of methoxy groups -OCH3 is 1. The molecule has 1 aliphatic rings. The molecule has 0 saturated heterocycles. The number of para-hydroxylation sites is 2. The summed E-state index contributed by atoms with van der Waals surface area (Å²) in [5.74, 6) is 2.25. The van der Waals surface area contributed by atoms with Gasteiger partial charge in [0, 0.05) is 23.1 Å². The predicted molar refractivity (Wildman–Crippen MR) is 140 cm³/mol. The zero-order valence-corrected chi connectivity index (χ0v) is 20.3. The summed E-state index contributed by atoms with van der Waals surface area (Å²) in [7, 11) is 1.77. The maximum atomic E-state index is 6.46. The molecule has 3 unspecified atom stereocenters. The van der Waals surface area contributed by atoms with Gasteiger partial charge in [0.25, 0.3) is 0 Å². The number of ether oxygens (including phenoxy) is 2. The van der Waals surface area contributed by atoms with E-state index in [1.165, 1.54) is 33.0 Å². The topological polar surface area (TPSA) is 30.5 Å². The highest BCUT2D eigenvalue weighted by Gasteiger charge is 2.31. The van der Waals surface area contributed by atoms with Gasteiger partial charge >= 0.3 is 0 Å². The van der Waals surface area contributed by atoms with Crippen molar-refractivity contribution in [2.75, 3.05) is 13.7 Å². The lowest BCUT2D eigenvalue weighted by atomic mass is 9.82. The average molecular weight is 452 g/mol. The minimum Gasteiger partial charge on any atom is -0.496 e. The molecule has 34 heavy (non-hydrogen) atoms. The standard InChI is InChI=1S/C31H33NO2/c1-21-10-8-16-28(31(21)33-3)29-20-24(34-30-17-7-6-14-27(29)30)18-19-32-22(2)25-15-9-12-23-11-4-5-13-26(23)25/h4-17,22,24,29,32H,18-20H2,1-3H3. The molecular weight excluding hydrogens is 418 g/mol. The van der Waals surface area contributed by atoms with Crippen LogP contribution in [0.25, 0.3) is 10.8 Å². The molecule has 4 aromatic carbocycles. The summed E-state index contributed by atoms with van der Waals surface area (Å²) >= 11 is 0. The molecule has 0 fully saturated rings. The van der Waals surface area contributed by atoms with Crippen LogP contribution in [-0.4, -0.2) is 19.8 Å². The van der Waals surface area contributed by atoms with E-state index in [0.717, 1.165) is 30.9 Å². The molecule has 1 heterocycles. The number of nitrogens with one attached hydrogen (secondary N) is 1. The molecule has 3 nitrogen and oxygen atoms in total. The Kier molecular flexibility index (Phi) is 6.55. The molecule has 1 N–H and O–H groups in total. The van der Waals surface area contributed by atoms with Crippen LogP contribution in [0.15, 0.2) is 84.9 Å². The van der Waals surface area contributed by atoms with Gasteiger partial charge in [0.2, 0.25) is 0 Å². The lowest BCUT2D eigenvalue weighted by Gasteiger charge is -2.33. The lowest BCUT2D eigenvalue weighted by molar-refractivity contribution is 0.153. The quantitative estimate of drug-likeness (QED) is 0.323. The third-order valence-corrected chi connectivity index (χ3v) is 7.12. The van der Waals surface area contributed by atoms with Gasteiger partial charge in [-0.3, -0.25) is 0 Å². The number of hydrogen-bond donors (Lipinski definition) is 1. The second-order valence-electron chi connectivity index (χ2n) is 9.30. The zero-order chi connectivity index (χ0) is 23.5. The fourth-order valence-corrected chi connectivity index (χ4v) is 5.39. The molecule has 0 amide bonds. The van der Waals surface area contributed by atoms with Crippen LogP contribution in [0, 0.1) is 6.92 Å². The van der Waals surface area contributed by atoms with Crippen LogP contribution in [0.1, 0.15) is 54.0 Å². The minimum absolute atomic E-state index is 0.150. The normalized spacial score (nSPS) is 18.2. The molecule has 0 aromatic heterocycles. The van der Waals surface area contributed by atoms with E-state index in [-0.39, 0.29) is 18.1 Å². The summed E-state index contributed by atoms with van der Waals surface area (Å²) in [4.78, 5) is 0. The van der Waals surface area contributed by atoms with E-state index >= 15 is 0 Å². The van der Waals surface area contributed by atoms with Crippen molar-refractivity contribution in [3.8, 4) is 11.5 Å². The zero-order valence-electron chi connectivity index (χ0n) is 20.3. The second kappa shape index (κ2) is 9.90. The summed E-state index contributed by atoms with van der Waals surface area (Å²) < 4.78 is 12.3. The van der Waals surface area contributed by atoms with Crippen LogP contribution in [0.3, 0.4) is 0 Å². The SMILES string of the molecule is COc1c(C)cccc1C1CC(CCNC(C)c2cccc3ccccc23)Oc2ccccc21. The summed E-state index contributed by atoms with van der Waals surface area (Å²) in [6.07, 6.45) is 2.05. The summed E-state index contributed by atoms with van der Waals surface area (Å²) in [6.45, 7) is 5.26. The Balaban J connectivity index is 1.32. The fourth-order valence-electron chi connectivity index (χ4n) is 5.39. The molecule has 0 spiro atoms. The predicted octanol–water partition coefficient (Wildman–Crippen LogP) is 7.18. The number of fused-ring (bicyclic) bond motifs is 2. The highest BCUT2D eigenvalue weighted by atomic mass is 16.5. The van der Waals surface area contributed by atoms with Crippen molar-refractivity contribution in [2.45, 2.75) is 44.8 Å². The average Bonchev–Trinajstić information content (AvgIpc) is 2.87. The van der Waals surface area contributed by atoms with Crippen molar-refractivity contribution in [1.29, 1.82) is 0 Å². The maximum absolute atomic E-state index is 6.46. The highest BCUT2D eigenvalue weighted by Crippen LogP contribution is 2.44. The first-order chi connectivity index (χ1) is 16.7. The molecule has 0 radical (unpaired) electrons. The van der Waals surface area contributed by atoms with Crippen LogP contribution in [0.4, 0.5) is 0 Å². The molecule has 174 valence electrons. The molecule has 0 aliphatic carbocycles. The van der Waals surface area contributed by atoms with Gasteiger partial charge in [0.15, 0.2) is 0 Å². The third kappa shape index (κ3) is 4.41. The van der Waals surface area contributed by atoms with Gasteiger partial charge in [-0.2, -0.15) is 0 Å². The first-order valence-corrected chi connectivity index (χ1v) is 12.3. The summed E-state index contributed by atoms with van der Waals surface area (Å²) in [5, 5.41) is 6.35. The van der Waals surface area contributed by atoms with Crippen LogP contribution in [0.5, 0.6) is 11.5 Å². The Labute approximate surface area is 202 Å². The van der Waals surface area contributed by atoms with Crippen molar-refractivity contribution in [3.05, 3.63) is 107 Å². The van der Waals surface area contributed by atoms with Crippen LogP contribution in [0.2, 0.25) is 0 Å². The van der Waals surface area contributed by atoms with Gasteiger partial charge in [0.1, 0.15) is 17.6 Å². The van der Waals surface area contributed by atoms with E-state index < -0.39 is 0 Å². The van der Waals surface area contributed by atoms with Gasteiger partial charge < -0.3 is 14.8 Å². The van der Waals surface area contributed by atoms with E-state index in [0.29, 0.717) is 0 Å². The molecule has 1 aliphatic heterocycles. The fraction of sp³-hybridized carbons (Fsp3) is 0.290. The highest BCUT2D eigenvalue weighted by molar-refractivity contribution is 5.86. The lowest BCUT2D eigenvalue weighted by Crippen LogP contribution is -2.31.